The van der Waals surface area contributed by atoms with E-state index in [-0.39, 0.29) is 5.91 Å². The molecule has 0 aliphatic heterocycles. The van der Waals surface area contributed by atoms with E-state index in [9.17, 15) is 4.79 Å². The molecule has 0 radical (unpaired) electrons. The van der Waals surface area contributed by atoms with Gasteiger partial charge in [-0.2, -0.15) is 0 Å². The average Bonchev–Trinajstić information content (AvgIpc) is 2.07. The van der Waals surface area contributed by atoms with Gasteiger partial charge in [-0.05, 0) is 17.7 Å². The molecular formula is C10H15N3O. The SMILES string of the molecule is CN(C)NC(=O)Cc1ccc(N)cc1. The molecule has 0 bridgehead atoms. The monoisotopic (exact) mass is 193 g/mol. The van der Waals surface area contributed by atoms with E-state index in [2.05, 4.69) is 5.43 Å². The molecule has 4 heteroatoms. The van der Waals surface area contributed by atoms with Crippen LogP contribution < -0.4 is 11.2 Å². The standard InChI is InChI=1S/C10H15N3O/c1-13(2)12-10(14)7-8-3-5-9(11)6-4-8/h3-6H,7,11H2,1-2H3,(H,12,14). The number of rotatable bonds is 3. The average molecular weight is 193 g/mol. The van der Waals surface area contributed by atoms with Gasteiger partial charge in [0.05, 0.1) is 6.42 Å². The molecule has 3 N–H and O–H groups in total. The van der Waals surface area contributed by atoms with Gasteiger partial charge in [0, 0.05) is 19.8 Å². The number of nitrogens with zero attached hydrogens (tertiary/aromatic N) is 1. The third-order valence-corrected chi connectivity index (χ3v) is 1.69. The fraction of sp³-hybridized carbons (Fsp3) is 0.300. The molecule has 0 saturated heterocycles. The lowest BCUT2D eigenvalue weighted by Gasteiger charge is -2.11. The van der Waals surface area contributed by atoms with E-state index in [0.717, 1.165) is 5.56 Å². The van der Waals surface area contributed by atoms with Gasteiger partial charge in [0.1, 0.15) is 0 Å². The number of carbonyl (C=O) groups excluding carboxylic acids is 1. The van der Waals surface area contributed by atoms with Crippen molar-refractivity contribution in [2.75, 3.05) is 19.8 Å². The number of hydrogen-bond donors (Lipinski definition) is 2. The Labute approximate surface area is 83.7 Å². The molecule has 1 aromatic rings. The predicted molar refractivity (Wildman–Crippen MR) is 56.4 cm³/mol. The van der Waals surface area contributed by atoms with Crippen LogP contribution in [0.2, 0.25) is 0 Å². The molecular weight excluding hydrogens is 178 g/mol. The van der Waals surface area contributed by atoms with Crippen molar-refractivity contribution in [2.45, 2.75) is 6.42 Å². The summed E-state index contributed by atoms with van der Waals surface area (Å²) >= 11 is 0. The molecule has 4 nitrogen and oxygen atoms in total. The van der Waals surface area contributed by atoms with Gasteiger partial charge < -0.3 is 5.73 Å². The fourth-order valence-electron chi connectivity index (χ4n) is 1.11. The zero-order valence-corrected chi connectivity index (χ0v) is 8.45. The van der Waals surface area contributed by atoms with E-state index in [1.165, 1.54) is 0 Å². The molecule has 76 valence electrons. The number of nitrogens with one attached hydrogen (secondary N) is 1. The summed E-state index contributed by atoms with van der Waals surface area (Å²) in [4.78, 5) is 11.3. The number of anilines is 1. The molecule has 0 spiro atoms. The summed E-state index contributed by atoms with van der Waals surface area (Å²) in [7, 11) is 3.56. The van der Waals surface area contributed by atoms with Crippen LogP contribution in [0, 0.1) is 0 Å². The zero-order chi connectivity index (χ0) is 10.6. The summed E-state index contributed by atoms with van der Waals surface area (Å²) in [5, 5.41) is 1.62. The summed E-state index contributed by atoms with van der Waals surface area (Å²) in [6.45, 7) is 0. The van der Waals surface area contributed by atoms with Crippen LogP contribution in [0.4, 0.5) is 5.69 Å². The number of benzene rings is 1. The molecule has 0 fully saturated rings. The van der Waals surface area contributed by atoms with Gasteiger partial charge in [-0.15, -0.1) is 0 Å². The van der Waals surface area contributed by atoms with Gasteiger partial charge in [-0.1, -0.05) is 12.1 Å². The minimum Gasteiger partial charge on any atom is -0.399 e. The van der Waals surface area contributed by atoms with Crippen LogP contribution in [0.5, 0.6) is 0 Å². The van der Waals surface area contributed by atoms with Gasteiger partial charge in [0.15, 0.2) is 0 Å². The summed E-state index contributed by atoms with van der Waals surface area (Å²) in [5.41, 5.74) is 9.87. The summed E-state index contributed by atoms with van der Waals surface area (Å²) in [6.07, 6.45) is 0.373. The molecule has 0 aliphatic carbocycles. The van der Waals surface area contributed by atoms with E-state index in [1.807, 2.05) is 12.1 Å². The Bertz CT molecular complexity index is 306. The second-order valence-corrected chi connectivity index (χ2v) is 3.35. The van der Waals surface area contributed by atoms with Gasteiger partial charge in [-0.25, -0.2) is 5.01 Å². The van der Waals surface area contributed by atoms with Crippen LogP contribution >= 0.6 is 0 Å². The number of carbonyl (C=O) groups is 1. The molecule has 0 aliphatic rings. The van der Waals surface area contributed by atoms with Crippen molar-refractivity contribution in [1.29, 1.82) is 0 Å². The van der Waals surface area contributed by atoms with Crippen molar-refractivity contribution in [3.8, 4) is 0 Å². The molecule has 0 aromatic heterocycles. The largest absolute Gasteiger partial charge is 0.399 e. The topological polar surface area (TPSA) is 58.4 Å². The van der Waals surface area contributed by atoms with Gasteiger partial charge in [0.25, 0.3) is 0 Å². The summed E-state index contributed by atoms with van der Waals surface area (Å²) in [5.74, 6) is -0.0280. The normalized spacial score (nSPS) is 10.2. The smallest absolute Gasteiger partial charge is 0.238 e. The van der Waals surface area contributed by atoms with Gasteiger partial charge in [-0.3, -0.25) is 10.2 Å². The van der Waals surface area contributed by atoms with Crippen LogP contribution in [-0.4, -0.2) is 25.0 Å². The van der Waals surface area contributed by atoms with Crippen LogP contribution in [0.25, 0.3) is 0 Å². The minimum atomic E-state index is -0.0280. The Balaban J connectivity index is 2.52. The van der Waals surface area contributed by atoms with Gasteiger partial charge >= 0.3 is 0 Å². The highest BCUT2D eigenvalue weighted by Crippen LogP contribution is 2.05. The fourth-order valence-corrected chi connectivity index (χ4v) is 1.11. The summed E-state index contributed by atoms with van der Waals surface area (Å²) < 4.78 is 0. The first-order valence-corrected chi connectivity index (χ1v) is 4.39. The van der Waals surface area contributed by atoms with Crippen molar-refractivity contribution < 1.29 is 4.79 Å². The minimum absolute atomic E-state index is 0.0280. The molecule has 1 rings (SSSR count). The lowest BCUT2D eigenvalue weighted by molar-refractivity contribution is -0.124. The van der Waals surface area contributed by atoms with Crippen LogP contribution in [-0.2, 0) is 11.2 Å². The quantitative estimate of drug-likeness (QED) is 0.540. The van der Waals surface area contributed by atoms with Crippen molar-refractivity contribution in [2.24, 2.45) is 0 Å². The number of hydrogen-bond acceptors (Lipinski definition) is 3. The van der Waals surface area contributed by atoms with Crippen LogP contribution in [0.1, 0.15) is 5.56 Å². The molecule has 0 saturated carbocycles. The lowest BCUT2D eigenvalue weighted by atomic mass is 10.1. The first-order chi connectivity index (χ1) is 6.58. The third kappa shape index (κ3) is 3.45. The van der Waals surface area contributed by atoms with Crippen LogP contribution in [0.15, 0.2) is 24.3 Å². The number of nitrogens with two attached hydrogens (primary N) is 1. The Hall–Kier alpha value is -1.55. The molecule has 0 atom stereocenters. The lowest BCUT2D eigenvalue weighted by Crippen LogP contribution is -2.37. The van der Waals surface area contributed by atoms with Crippen molar-refractivity contribution >= 4 is 11.6 Å². The highest BCUT2D eigenvalue weighted by Gasteiger charge is 2.02. The Morgan fingerprint density at radius 2 is 1.93 bits per heavy atom. The first kappa shape index (κ1) is 10.5. The van der Waals surface area contributed by atoms with Crippen molar-refractivity contribution in [1.82, 2.24) is 10.4 Å². The van der Waals surface area contributed by atoms with E-state index >= 15 is 0 Å². The van der Waals surface area contributed by atoms with Crippen molar-refractivity contribution in [3.63, 3.8) is 0 Å². The Morgan fingerprint density at radius 1 is 1.36 bits per heavy atom. The first-order valence-electron chi connectivity index (χ1n) is 4.39. The maximum atomic E-state index is 11.3. The molecule has 1 aromatic carbocycles. The molecule has 0 unspecified atom stereocenters. The van der Waals surface area contributed by atoms with E-state index in [1.54, 1.807) is 31.2 Å². The van der Waals surface area contributed by atoms with E-state index < -0.39 is 0 Å². The maximum Gasteiger partial charge on any atom is 0.238 e. The van der Waals surface area contributed by atoms with Crippen LogP contribution in [0.3, 0.4) is 0 Å². The second kappa shape index (κ2) is 4.62. The molecule has 0 heterocycles. The highest BCUT2D eigenvalue weighted by atomic mass is 16.2. The summed E-state index contributed by atoms with van der Waals surface area (Å²) in [6, 6.07) is 7.28. The molecule has 14 heavy (non-hydrogen) atoms. The van der Waals surface area contributed by atoms with E-state index in [4.69, 9.17) is 5.73 Å². The van der Waals surface area contributed by atoms with Crippen molar-refractivity contribution in [3.05, 3.63) is 29.8 Å². The van der Waals surface area contributed by atoms with E-state index in [0.29, 0.717) is 12.1 Å². The Kier molecular flexibility index (Phi) is 3.48. The third-order valence-electron chi connectivity index (χ3n) is 1.69. The van der Waals surface area contributed by atoms with Gasteiger partial charge in [0.2, 0.25) is 5.91 Å². The number of hydrazine groups is 1. The molecule has 1 amide bonds. The maximum absolute atomic E-state index is 11.3. The zero-order valence-electron chi connectivity index (χ0n) is 8.45. The number of amides is 1. The highest BCUT2D eigenvalue weighted by molar-refractivity contribution is 5.78. The Morgan fingerprint density at radius 3 is 2.43 bits per heavy atom. The second-order valence-electron chi connectivity index (χ2n) is 3.35. The predicted octanol–water partition coefficient (Wildman–Crippen LogP) is 0.404. The number of nitrogen functional groups attached to an aromatic ring is 1.